The van der Waals surface area contributed by atoms with E-state index in [1.165, 1.54) is 42.0 Å². The molecule has 1 heterocycles. The molecule has 0 spiro atoms. The number of carbonyl (C=O) groups excluding carboxylic acids is 2. The van der Waals surface area contributed by atoms with E-state index in [1.807, 2.05) is 36.4 Å². The van der Waals surface area contributed by atoms with E-state index < -0.39 is 12.4 Å². The van der Waals surface area contributed by atoms with Gasteiger partial charge in [0, 0.05) is 23.7 Å². The molecule has 1 atom stereocenters. The van der Waals surface area contributed by atoms with Crippen molar-refractivity contribution in [3.05, 3.63) is 71.6 Å². The third-order valence-corrected chi connectivity index (χ3v) is 7.78. The fraction of sp³-hybridized carbons (Fsp3) is 0.379. The maximum atomic E-state index is 13.1. The minimum atomic E-state index is -4.74. The number of benzene rings is 2. The van der Waals surface area contributed by atoms with E-state index in [0.717, 1.165) is 36.1 Å². The molecular weight excluding hydrogens is 527 g/mol. The summed E-state index contributed by atoms with van der Waals surface area (Å²) >= 11 is 1.39. The van der Waals surface area contributed by atoms with Crippen LogP contribution >= 0.6 is 11.3 Å². The largest absolute Gasteiger partial charge is 0.573 e. The maximum Gasteiger partial charge on any atom is 0.573 e. The zero-order chi connectivity index (χ0) is 27.7. The molecule has 1 aliphatic rings. The highest BCUT2D eigenvalue weighted by atomic mass is 32.1. The summed E-state index contributed by atoms with van der Waals surface area (Å²) in [5, 5.41) is 8.91. The van der Waals surface area contributed by atoms with E-state index in [4.69, 9.17) is 0 Å². The van der Waals surface area contributed by atoms with Crippen LogP contribution in [0.5, 0.6) is 5.75 Å². The Bertz CT molecular complexity index is 1210. The Morgan fingerprint density at radius 2 is 1.64 bits per heavy atom. The zero-order valence-electron chi connectivity index (χ0n) is 21.4. The summed E-state index contributed by atoms with van der Waals surface area (Å²) in [5.74, 6) is -0.431. The number of anilines is 1. The van der Waals surface area contributed by atoms with Gasteiger partial charge in [0.05, 0.1) is 4.88 Å². The summed E-state index contributed by atoms with van der Waals surface area (Å²) in [6.07, 6.45) is 1.41. The Kier molecular flexibility index (Phi) is 9.86. The molecule has 39 heavy (non-hydrogen) atoms. The minimum absolute atomic E-state index is 0.246. The third kappa shape index (κ3) is 9.02. The van der Waals surface area contributed by atoms with Crippen molar-refractivity contribution in [2.45, 2.75) is 50.9 Å². The smallest absolute Gasteiger partial charge is 0.406 e. The van der Waals surface area contributed by atoms with Gasteiger partial charge in [0.15, 0.2) is 0 Å². The van der Waals surface area contributed by atoms with Crippen LogP contribution in [0.25, 0.3) is 10.4 Å². The molecule has 2 aromatic carbocycles. The van der Waals surface area contributed by atoms with Crippen LogP contribution in [0.4, 0.5) is 18.9 Å². The zero-order valence-corrected chi connectivity index (χ0v) is 22.2. The number of amides is 2. The van der Waals surface area contributed by atoms with Crippen molar-refractivity contribution in [1.82, 2.24) is 10.6 Å². The first-order valence-electron chi connectivity index (χ1n) is 13.1. The second-order valence-electron chi connectivity index (χ2n) is 9.59. The molecule has 0 bridgehead atoms. The van der Waals surface area contributed by atoms with Crippen molar-refractivity contribution in [3.8, 4) is 16.2 Å². The van der Waals surface area contributed by atoms with Crippen molar-refractivity contribution in [3.63, 3.8) is 0 Å². The first-order valence-corrected chi connectivity index (χ1v) is 13.9. The number of carbonyl (C=O) groups is 2. The number of nitrogens with one attached hydrogen (secondary N) is 3. The van der Waals surface area contributed by atoms with Crippen molar-refractivity contribution >= 4 is 28.8 Å². The second-order valence-corrected chi connectivity index (χ2v) is 10.7. The molecule has 0 saturated heterocycles. The molecule has 3 aromatic rings. The standard InChI is InChI=1S/C29H32F3N3O3S/c30-29(31,32)38-23-13-11-22(12-14-23)33-17-18-34-27(36)24(19-20-7-3-1-4-8-20)35-28(37)26-16-15-25(39-26)21-9-5-2-6-10-21/h2,5-6,9-16,20,24,33H,1,3-4,7-8,17-19H2,(H,34,36)(H,35,37)/t24-/m0/s1. The molecule has 3 N–H and O–H groups in total. The molecule has 4 rings (SSSR count). The Morgan fingerprint density at radius 1 is 0.923 bits per heavy atom. The van der Waals surface area contributed by atoms with Gasteiger partial charge in [-0.1, -0.05) is 62.4 Å². The average molecular weight is 560 g/mol. The quantitative estimate of drug-likeness (QED) is 0.231. The molecule has 0 aliphatic heterocycles. The van der Waals surface area contributed by atoms with Gasteiger partial charge in [0.2, 0.25) is 5.91 Å². The van der Waals surface area contributed by atoms with Gasteiger partial charge in [-0.25, -0.2) is 0 Å². The number of hydrogen-bond donors (Lipinski definition) is 3. The molecule has 1 saturated carbocycles. The molecule has 1 aliphatic carbocycles. The summed E-state index contributed by atoms with van der Waals surface area (Å²) in [5.41, 5.74) is 1.63. The van der Waals surface area contributed by atoms with Crippen molar-refractivity contribution < 1.29 is 27.5 Å². The summed E-state index contributed by atoms with van der Waals surface area (Å²) in [6, 6.07) is 18.3. The Morgan fingerprint density at radius 3 is 2.33 bits per heavy atom. The van der Waals surface area contributed by atoms with Crippen LogP contribution in [0.2, 0.25) is 0 Å². The van der Waals surface area contributed by atoms with E-state index in [-0.39, 0.29) is 24.1 Å². The van der Waals surface area contributed by atoms with Crippen LogP contribution in [0, 0.1) is 5.92 Å². The van der Waals surface area contributed by atoms with Gasteiger partial charge < -0.3 is 20.7 Å². The van der Waals surface area contributed by atoms with Crippen molar-refractivity contribution in [2.24, 2.45) is 5.92 Å². The number of hydrogen-bond acceptors (Lipinski definition) is 5. The second kappa shape index (κ2) is 13.5. The highest BCUT2D eigenvalue weighted by molar-refractivity contribution is 7.17. The van der Waals surface area contributed by atoms with E-state index in [9.17, 15) is 22.8 Å². The number of halogens is 3. The average Bonchev–Trinajstić information content (AvgIpc) is 3.42. The molecule has 0 radical (unpaired) electrons. The fourth-order valence-corrected chi connectivity index (χ4v) is 5.64. The Labute approximate surface area is 230 Å². The maximum absolute atomic E-state index is 13.1. The van der Waals surface area contributed by atoms with Gasteiger partial charge in [0.25, 0.3) is 5.91 Å². The third-order valence-electron chi connectivity index (χ3n) is 6.64. The molecule has 208 valence electrons. The number of thiophene rings is 1. The number of alkyl halides is 3. The molecule has 2 amide bonds. The van der Waals surface area contributed by atoms with Crippen LogP contribution in [0.15, 0.2) is 66.7 Å². The SMILES string of the molecule is O=C(N[C@@H](CC1CCCCC1)C(=O)NCCNc1ccc(OC(F)(F)F)cc1)c1ccc(-c2ccccc2)s1. The Hall–Kier alpha value is -3.53. The monoisotopic (exact) mass is 559 g/mol. The lowest BCUT2D eigenvalue weighted by molar-refractivity contribution is -0.274. The fourth-order valence-electron chi connectivity index (χ4n) is 4.72. The van der Waals surface area contributed by atoms with E-state index in [1.54, 1.807) is 6.07 Å². The molecule has 1 fully saturated rings. The summed E-state index contributed by atoms with van der Waals surface area (Å²) in [7, 11) is 0. The lowest BCUT2D eigenvalue weighted by Gasteiger charge is -2.26. The normalized spacial score (nSPS) is 14.8. The van der Waals surface area contributed by atoms with Gasteiger partial charge in [-0.2, -0.15) is 0 Å². The molecule has 1 aromatic heterocycles. The first kappa shape index (κ1) is 28.5. The summed E-state index contributed by atoms with van der Waals surface area (Å²) in [4.78, 5) is 27.8. The van der Waals surface area contributed by atoms with Crippen LogP contribution in [0.1, 0.15) is 48.2 Å². The topological polar surface area (TPSA) is 79.5 Å². The van der Waals surface area contributed by atoms with Crippen LogP contribution in [-0.2, 0) is 4.79 Å². The first-order chi connectivity index (χ1) is 18.8. The number of ether oxygens (including phenoxy) is 1. The van der Waals surface area contributed by atoms with E-state index >= 15 is 0 Å². The predicted molar refractivity (Wildman–Crippen MR) is 147 cm³/mol. The van der Waals surface area contributed by atoms with Gasteiger partial charge in [-0.15, -0.1) is 24.5 Å². The highest BCUT2D eigenvalue weighted by Gasteiger charge is 2.31. The lowest BCUT2D eigenvalue weighted by Crippen LogP contribution is -2.48. The van der Waals surface area contributed by atoms with Gasteiger partial charge in [-0.3, -0.25) is 9.59 Å². The Balaban J connectivity index is 1.31. The van der Waals surface area contributed by atoms with Crippen LogP contribution < -0.4 is 20.7 Å². The lowest BCUT2D eigenvalue weighted by atomic mass is 9.84. The van der Waals surface area contributed by atoms with Crippen molar-refractivity contribution in [1.29, 1.82) is 0 Å². The predicted octanol–water partition coefficient (Wildman–Crippen LogP) is 6.61. The van der Waals surface area contributed by atoms with E-state index in [2.05, 4.69) is 20.7 Å². The number of rotatable bonds is 11. The summed E-state index contributed by atoms with van der Waals surface area (Å²) < 4.78 is 40.8. The molecule has 10 heteroatoms. The molecule has 0 unspecified atom stereocenters. The van der Waals surface area contributed by atoms with E-state index in [0.29, 0.717) is 29.4 Å². The molecule has 6 nitrogen and oxygen atoms in total. The van der Waals surface area contributed by atoms with Crippen molar-refractivity contribution in [2.75, 3.05) is 18.4 Å². The van der Waals surface area contributed by atoms with Crippen LogP contribution in [0.3, 0.4) is 0 Å². The van der Waals surface area contributed by atoms with Gasteiger partial charge >= 0.3 is 6.36 Å². The van der Waals surface area contributed by atoms with Gasteiger partial charge in [0.1, 0.15) is 11.8 Å². The van der Waals surface area contributed by atoms with Crippen LogP contribution in [-0.4, -0.2) is 37.3 Å². The van der Waals surface area contributed by atoms with Gasteiger partial charge in [-0.05, 0) is 54.3 Å². The summed E-state index contributed by atoms with van der Waals surface area (Å²) in [6.45, 7) is 0.647. The minimum Gasteiger partial charge on any atom is -0.406 e. The highest BCUT2D eigenvalue weighted by Crippen LogP contribution is 2.30. The molecular formula is C29H32F3N3O3S.